The van der Waals surface area contributed by atoms with Gasteiger partial charge >= 0.3 is 12.0 Å². The van der Waals surface area contributed by atoms with Gasteiger partial charge in [-0.3, -0.25) is 4.79 Å². The third-order valence-corrected chi connectivity index (χ3v) is 4.82. The van der Waals surface area contributed by atoms with E-state index in [2.05, 4.69) is 17.2 Å². The zero-order valence-electron chi connectivity index (χ0n) is 13.9. The maximum atomic E-state index is 12.6. The normalized spacial score (nSPS) is 21.5. The molecule has 1 aromatic rings. The van der Waals surface area contributed by atoms with Gasteiger partial charge in [0, 0.05) is 11.4 Å². The van der Waals surface area contributed by atoms with E-state index in [4.69, 9.17) is 14.2 Å². The molecule has 8 heteroatoms. The summed E-state index contributed by atoms with van der Waals surface area (Å²) >= 11 is 1.69. The number of rotatable bonds is 6. The van der Waals surface area contributed by atoms with Gasteiger partial charge in [0.15, 0.2) is 11.5 Å². The second kappa shape index (κ2) is 7.69. The Labute approximate surface area is 150 Å². The van der Waals surface area contributed by atoms with Crippen molar-refractivity contribution in [2.45, 2.75) is 13.0 Å². The van der Waals surface area contributed by atoms with Gasteiger partial charge in [-0.15, -0.1) is 0 Å². The molecule has 2 heterocycles. The number of esters is 1. The molecule has 2 aliphatic rings. The summed E-state index contributed by atoms with van der Waals surface area (Å²) in [6, 6.07) is 4.33. The molecule has 7 nitrogen and oxygen atoms in total. The number of carbonyl (C=O) groups excluding carboxylic acids is 2. The highest BCUT2D eigenvalue weighted by Gasteiger charge is 2.39. The largest absolute Gasteiger partial charge is 0.464 e. The number of urea groups is 1. The number of hydrogen-bond acceptors (Lipinski definition) is 6. The van der Waals surface area contributed by atoms with Crippen LogP contribution in [0.5, 0.6) is 11.5 Å². The van der Waals surface area contributed by atoms with Gasteiger partial charge in [-0.25, -0.2) is 4.79 Å². The minimum atomic E-state index is -0.718. The maximum absolute atomic E-state index is 12.6. The Hall–Kier alpha value is -2.35. The molecule has 2 atom stereocenters. The number of ether oxygens (including phenoxy) is 3. The van der Waals surface area contributed by atoms with Gasteiger partial charge < -0.3 is 24.8 Å². The van der Waals surface area contributed by atoms with E-state index in [0.717, 1.165) is 17.1 Å². The molecule has 2 amide bonds. The van der Waals surface area contributed by atoms with Crippen LogP contribution in [0.15, 0.2) is 30.5 Å². The molecule has 1 fully saturated rings. The molecule has 134 valence electrons. The van der Waals surface area contributed by atoms with Crippen LogP contribution in [0.1, 0.15) is 18.5 Å². The molecular formula is C17H20N2O5S. The minimum absolute atomic E-state index is 0.157. The molecule has 0 unspecified atom stereocenters. The summed E-state index contributed by atoms with van der Waals surface area (Å²) in [4.78, 5) is 24.4. The van der Waals surface area contributed by atoms with Crippen molar-refractivity contribution in [3.05, 3.63) is 36.0 Å². The van der Waals surface area contributed by atoms with Crippen molar-refractivity contribution in [1.82, 2.24) is 10.6 Å². The molecule has 2 aliphatic heterocycles. The molecule has 1 saturated heterocycles. The van der Waals surface area contributed by atoms with Crippen molar-refractivity contribution in [3.8, 4) is 11.5 Å². The number of amides is 2. The first-order valence-electron chi connectivity index (χ1n) is 8.00. The van der Waals surface area contributed by atoms with Crippen LogP contribution in [0.25, 0.3) is 0 Å². The SMILES string of the molecule is C=C1NC(=O)N[C@H](c2ccc3c(c2)OCO3)[C@H]1C(=O)OCCSCC. The van der Waals surface area contributed by atoms with Gasteiger partial charge in [-0.05, 0) is 23.4 Å². The number of thioether (sulfide) groups is 1. The molecule has 0 spiro atoms. The Balaban J connectivity index is 1.79. The predicted molar refractivity (Wildman–Crippen MR) is 93.6 cm³/mol. The summed E-state index contributed by atoms with van der Waals surface area (Å²) in [5.74, 6) is 1.78. The van der Waals surface area contributed by atoms with E-state index in [9.17, 15) is 9.59 Å². The lowest BCUT2D eigenvalue weighted by Gasteiger charge is -2.33. The van der Waals surface area contributed by atoms with E-state index >= 15 is 0 Å². The maximum Gasteiger partial charge on any atom is 0.319 e. The van der Waals surface area contributed by atoms with E-state index in [0.29, 0.717) is 23.8 Å². The Morgan fingerprint density at radius 3 is 3.00 bits per heavy atom. The first kappa shape index (κ1) is 17.5. The standard InChI is InChI=1S/C17H20N2O5S/c1-3-25-7-6-22-16(20)14-10(2)18-17(21)19-15(14)11-4-5-12-13(8-11)24-9-23-12/h4-5,8,14-15H,2-3,6-7,9H2,1H3,(H2,18,19,21)/t14-,15+/m0/s1. The number of benzene rings is 1. The number of fused-ring (bicyclic) bond motifs is 1. The van der Waals surface area contributed by atoms with Crippen LogP contribution in [0.2, 0.25) is 0 Å². The fraction of sp³-hybridized carbons (Fsp3) is 0.412. The molecule has 0 aliphatic carbocycles. The Morgan fingerprint density at radius 2 is 2.20 bits per heavy atom. The molecule has 0 radical (unpaired) electrons. The van der Waals surface area contributed by atoms with E-state index in [1.54, 1.807) is 30.0 Å². The molecule has 2 N–H and O–H groups in total. The third-order valence-electron chi connectivity index (χ3n) is 3.96. The molecule has 0 saturated carbocycles. The fourth-order valence-electron chi connectivity index (χ4n) is 2.78. The van der Waals surface area contributed by atoms with Crippen LogP contribution in [-0.4, -0.2) is 36.9 Å². The molecule has 25 heavy (non-hydrogen) atoms. The van der Waals surface area contributed by atoms with Crippen LogP contribution in [0, 0.1) is 5.92 Å². The van der Waals surface area contributed by atoms with Crippen molar-refractivity contribution in [2.24, 2.45) is 5.92 Å². The summed E-state index contributed by atoms with van der Waals surface area (Å²) in [7, 11) is 0. The second-order valence-electron chi connectivity index (χ2n) is 5.56. The first-order chi connectivity index (χ1) is 12.1. The summed E-state index contributed by atoms with van der Waals surface area (Å²) in [5, 5.41) is 5.33. The molecule has 0 aromatic heterocycles. The van der Waals surface area contributed by atoms with Gasteiger partial charge in [0.2, 0.25) is 6.79 Å². The summed E-state index contributed by atoms with van der Waals surface area (Å²) in [6.45, 7) is 6.35. The highest BCUT2D eigenvalue weighted by atomic mass is 32.2. The summed E-state index contributed by atoms with van der Waals surface area (Å²) in [6.07, 6.45) is 0. The van der Waals surface area contributed by atoms with Crippen molar-refractivity contribution in [2.75, 3.05) is 24.9 Å². The average Bonchev–Trinajstić information content (AvgIpc) is 3.05. The first-order valence-corrected chi connectivity index (χ1v) is 9.16. The lowest BCUT2D eigenvalue weighted by atomic mass is 9.89. The highest BCUT2D eigenvalue weighted by molar-refractivity contribution is 7.99. The predicted octanol–water partition coefficient (Wildman–Crippen LogP) is 2.20. The smallest absolute Gasteiger partial charge is 0.319 e. The zero-order chi connectivity index (χ0) is 17.8. The monoisotopic (exact) mass is 364 g/mol. The van der Waals surface area contributed by atoms with Crippen molar-refractivity contribution in [3.63, 3.8) is 0 Å². The Bertz CT molecular complexity index is 694. The molecular weight excluding hydrogens is 344 g/mol. The van der Waals surface area contributed by atoms with Crippen LogP contribution in [0.4, 0.5) is 4.79 Å². The Morgan fingerprint density at radius 1 is 1.40 bits per heavy atom. The molecule has 3 rings (SSSR count). The number of hydrogen-bond donors (Lipinski definition) is 2. The van der Waals surface area contributed by atoms with Crippen molar-refractivity contribution in [1.29, 1.82) is 0 Å². The third kappa shape index (κ3) is 3.84. The van der Waals surface area contributed by atoms with Gasteiger partial charge in [-0.2, -0.15) is 11.8 Å². The lowest BCUT2D eigenvalue weighted by Crippen LogP contribution is -2.51. The second-order valence-corrected chi connectivity index (χ2v) is 6.95. The van der Waals surface area contributed by atoms with E-state index < -0.39 is 24.0 Å². The van der Waals surface area contributed by atoms with Gasteiger partial charge in [-0.1, -0.05) is 19.6 Å². The van der Waals surface area contributed by atoms with E-state index in [1.807, 2.05) is 6.92 Å². The van der Waals surface area contributed by atoms with Crippen LogP contribution >= 0.6 is 11.8 Å². The summed E-state index contributed by atoms with van der Waals surface area (Å²) < 4.78 is 16.0. The van der Waals surface area contributed by atoms with E-state index in [-0.39, 0.29) is 6.79 Å². The quantitative estimate of drug-likeness (QED) is 0.594. The number of carbonyl (C=O) groups is 2. The highest BCUT2D eigenvalue weighted by Crippen LogP contribution is 2.37. The number of nitrogens with one attached hydrogen (secondary N) is 2. The van der Waals surface area contributed by atoms with Crippen molar-refractivity contribution >= 4 is 23.8 Å². The zero-order valence-corrected chi connectivity index (χ0v) is 14.7. The van der Waals surface area contributed by atoms with Crippen LogP contribution in [0.3, 0.4) is 0 Å². The van der Waals surface area contributed by atoms with Crippen molar-refractivity contribution < 1.29 is 23.8 Å². The molecule has 1 aromatic carbocycles. The van der Waals surface area contributed by atoms with E-state index in [1.165, 1.54) is 0 Å². The van der Waals surface area contributed by atoms with Gasteiger partial charge in [0.1, 0.15) is 12.5 Å². The Kier molecular flexibility index (Phi) is 5.37. The topological polar surface area (TPSA) is 85.9 Å². The lowest BCUT2D eigenvalue weighted by molar-refractivity contribution is -0.147. The van der Waals surface area contributed by atoms with Crippen LogP contribution in [-0.2, 0) is 9.53 Å². The van der Waals surface area contributed by atoms with Gasteiger partial charge in [0.05, 0.1) is 6.04 Å². The average molecular weight is 364 g/mol. The van der Waals surface area contributed by atoms with Crippen LogP contribution < -0.4 is 20.1 Å². The fourth-order valence-corrected chi connectivity index (χ4v) is 3.27. The summed E-state index contributed by atoms with van der Waals surface area (Å²) in [5.41, 5.74) is 1.05. The minimum Gasteiger partial charge on any atom is -0.464 e. The molecule has 0 bridgehead atoms. The van der Waals surface area contributed by atoms with Gasteiger partial charge in [0.25, 0.3) is 0 Å².